The Bertz CT molecular complexity index is 1220. The lowest BCUT2D eigenvalue weighted by Crippen LogP contribution is -2.47. The van der Waals surface area contributed by atoms with Crippen molar-refractivity contribution in [1.29, 1.82) is 0 Å². The van der Waals surface area contributed by atoms with Crippen LogP contribution < -0.4 is 19.9 Å². The predicted octanol–water partition coefficient (Wildman–Crippen LogP) is 3.36. The maximum atomic E-state index is 13.6. The van der Waals surface area contributed by atoms with Gasteiger partial charge < -0.3 is 19.9 Å². The molecule has 3 amide bonds. The number of likely N-dealkylation sites (tertiary alicyclic amines) is 1. The third-order valence-electron chi connectivity index (χ3n) is 6.62. The molecule has 0 spiro atoms. The van der Waals surface area contributed by atoms with Gasteiger partial charge in [0.25, 0.3) is 5.91 Å². The number of pyridine rings is 1. The van der Waals surface area contributed by atoms with Gasteiger partial charge in [0.05, 0.1) is 25.0 Å². The van der Waals surface area contributed by atoms with Crippen LogP contribution >= 0.6 is 0 Å². The Morgan fingerprint density at radius 2 is 2.06 bits per heavy atom. The molecule has 5 rings (SSSR count). The minimum Gasteiger partial charge on any atom is -0.497 e. The number of anilines is 2. The van der Waals surface area contributed by atoms with Gasteiger partial charge in [-0.15, -0.1) is 0 Å². The minimum absolute atomic E-state index is 0.141. The monoisotopic (exact) mass is 462 g/mol. The van der Waals surface area contributed by atoms with Gasteiger partial charge in [-0.05, 0) is 51.1 Å². The zero-order valence-corrected chi connectivity index (χ0v) is 19.6. The molecule has 2 aromatic heterocycles. The summed E-state index contributed by atoms with van der Waals surface area (Å²) in [6.07, 6.45) is 6.09. The highest BCUT2D eigenvalue weighted by molar-refractivity contribution is 6.11. The highest BCUT2D eigenvalue weighted by atomic mass is 16.5. The Labute approximate surface area is 198 Å². The number of hydrogen-bond acceptors (Lipinski definition) is 5. The van der Waals surface area contributed by atoms with Crippen LogP contribution in [0.1, 0.15) is 35.7 Å². The number of methoxy groups -OCH3 is 1. The summed E-state index contributed by atoms with van der Waals surface area (Å²) in [6, 6.07) is 7.06. The first kappa shape index (κ1) is 22.2. The number of aromatic amines is 1. The molecule has 0 unspecified atom stereocenters. The van der Waals surface area contributed by atoms with Crippen LogP contribution in [0.2, 0.25) is 0 Å². The Morgan fingerprint density at radius 3 is 2.82 bits per heavy atom. The molecule has 0 aliphatic carbocycles. The summed E-state index contributed by atoms with van der Waals surface area (Å²) in [7, 11) is 1.56. The first-order chi connectivity index (χ1) is 16.6. The highest BCUT2D eigenvalue weighted by Gasteiger charge is 2.33. The largest absolute Gasteiger partial charge is 0.497 e. The molecule has 1 saturated heterocycles. The van der Waals surface area contributed by atoms with E-state index in [1.54, 1.807) is 35.1 Å². The first-order valence-electron chi connectivity index (χ1n) is 11.8. The van der Waals surface area contributed by atoms with Crippen LogP contribution in [0.4, 0.5) is 16.2 Å². The van der Waals surface area contributed by atoms with Gasteiger partial charge in [-0.1, -0.05) is 0 Å². The number of nitrogens with zero attached hydrogens (tertiary/aromatic N) is 4. The van der Waals surface area contributed by atoms with E-state index in [1.165, 1.54) is 12.8 Å². The fourth-order valence-electron chi connectivity index (χ4n) is 4.87. The van der Waals surface area contributed by atoms with Crippen molar-refractivity contribution in [2.45, 2.75) is 26.3 Å². The number of carbonyl (C=O) groups is 2. The van der Waals surface area contributed by atoms with Crippen LogP contribution in [0, 0.1) is 0 Å². The van der Waals surface area contributed by atoms with Gasteiger partial charge in [0.1, 0.15) is 11.4 Å². The van der Waals surface area contributed by atoms with Crippen molar-refractivity contribution in [2.75, 3.05) is 49.6 Å². The van der Waals surface area contributed by atoms with Crippen molar-refractivity contribution >= 4 is 34.3 Å². The quantitative estimate of drug-likeness (QED) is 0.562. The zero-order chi connectivity index (χ0) is 23.7. The molecule has 0 saturated carbocycles. The average Bonchev–Trinajstić information content (AvgIpc) is 3.55. The molecular formula is C25H30N6O3. The second-order valence-electron chi connectivity index (χ2n) is 8.71. The molecule has 2 aliphatic heterocycles. The molecule has 0 bridgehead atoms. The number of nitrogens with one attached hydrogen (secondary N) is 2. The number of rotatable bonds is 7. The van der Waals surface area contributed by atoms with Gasteiger partial charge >= 0.3 is 6.03 Å². The average molecular weight is 463 g/mol. The van der Waals surface area contributed by atoms with Crippen LogP contribution in [0.3, 0.4) is 0 Å². The Balaban J connectivity index is 1.42. The standard InChI is InChI=1S/C25H30N6O3/c1-3-30-22-18(15-28-23-21(22)6-7-26-23)16-31(25(30)33)19-12-17(13-20(14-19)34-2)24(32)27-8-11-29-9-4-5-10-29/h6-7,12-15H,3-5,8-11,16H2,1-2H3,(H,26,28)(H,27,32). The van der Waals surface area contributed by atoms with Crippen molar-refractivity contribution in [2.24, 2.45) is 0 Å². The van der Waals surface area contributed by atoms with Crippen molar-refractivity contribution < 1.29 is 14.3 Å². The zero-order valence-electron chi connectivity index (χ0n) is 19.6. The van der Waals surface area contributed by atoms with E-state index < -0.39 is 0 Å². The van der Waals surface area contributed by atoms with Gasteiger partial charge in [-0.3, -0.25) is 14.6 Å². The van der Waals surface area contributed by atoms with E-state index in [2.05, 4.69) is 20.2 Å². The number of fused-ring (bicyclic) bond motifs is 3. The Morgan fingerprint density at radius 1 is 1.24 bits per heavy atom. The Hall–Kier alpha value is -3.59. The van der Waals surface area contributed by atoms with Gasteiger partial charge in [0, 0.05) is 54.6 Å². The van der Waals surface area contributed by atoms with E-state index in [0.29, 0.717) is 36.6 Å². The smallest absolute Gasteiger partial charge is 0.329 e. The van der Waals surface area contributed by atoms with Crippen molar-refractivity contribution in [3.05, 3.63) is 47.8 Å². The number of carbonyl (C=O) groups excluding carboxylic acids is 2. The van der Waals surface area contributed by atoms with Crippen molar-refractivity contribution in [3.8, 4) is 5.75 Å². The maximum absolute atomic E-state index is 13.6. The molecule has 1 aromatic carbocycles. The van der Waals surface area contributed by atoms with E-state index in [9.17, 15) is 9.59 Å². The van der Waals surface area contributed by atoms with Crippen LogP contribution in [0.5, 0.6) is 5.75 Å². The number of amides is 3. The van der Waals surface area contributed by atoms with E-state index in [0.717, 1.165) is 41.9 Å². The molecule has 178 valence electrons. The van der Waals surface area contributed by atoms with E-state index in [-0.39, 0.29) is 11.9 Å². The molecule has 2 N–H and O–H groups in total. The van der Waals surface area contributed by atoms with Gasteiger partial charge in [0.2, 0.25) is 0 Å². The van der Waals surface area contributed by atoms with Crippen LogP contribution in [-0.4, -0.2) is 66.6 Å². The summed E-state index contributed by atoms with van der Waals surface area (Å²) in [6.45, 7) is 6.45. The van der Waals surface area contributed by atoms with E-state index in [1.807, 2.05) is 25.4 Å². The normalized spacial score (nSPS) is 16.2. The number of hydrogen-bond donors (Lipinski definition) is 2. The number of aromatic nitrogens is 2. The molecule has 1 fully saturated rings. The summed E-state index contributed by atoms with van der Waals surface area (Å²) >= 11 is 0. The predicted molar refractivity (Wildman–Crippen MR) is 132 cm³/mol. The van der Waals surface area contributed by atoms with Crippen LogP contribution in [-0.2, 0) is 6.54 Å². The molecule has 4 heterocycles. The van der Waals surface area contributed by atoms with Gasteiger partial charge in [0.15, 0.2) is 0 Å². The summed E-state index contributed by atoms with van der Waals surface area (Å²) in [5.41, 5.74) is 3.68. The lowest BCUT2D eigenvalue weighted by atomic mass is 10.1. The molecule has 9 nitrogen and oxygen atoms in total. The van der Waals surface area contributed by atoms with E-state index in [4.69, 9.17) is 4.74 Å². The molecule has 0 atom stereocenters. The number of benzene rings is 1. The second-order valence-corrected chi connectivity index (χ2v) is 8.71. The summed E-state index contributed by atoms with van der Waals surface area (Å²) in [5, 5.41) is 3.93. The fraction of sp³-hybridized carbons (Fsp3) is 0.400. The molecule has 0 radical (unpaired) electrons. The summed E-state index contributed by atoms with van der Waals surface area (Å²) < 4.78 is 5.47. The number of H-pyrrole nitrogens is 1. The van der Waals surface area contributed by atoms with Gasteiger partial charge in [-0.25, -0.2) is 9.78 Å². The lowest BCUT2D eigenvalue weighted by Gasteiger charge is -2.37. The number of ether oxygens (including phenoxy) is 1. The van der Waals surface area contributed by atoms with Crippen LogP contribution in [0.15, 0.2) is 36.7 Å². The highest BCUT2D eigenvalue weighted by Crippen LogP contribution is 2.37. The molecular weight excluding hydrogens is 432 g/mol. The molecule has 2 aliphatic rings. The third kappa shape index (κ3) is 4.07. The van der Waals surface area contributed by atoms with Gasteiger partial charge in [-0.2, -0.15) is 0 Å². The van der Waals surface area contributed by atoms with E-state index >= 15 is 0 Å². The van der Waals surface area contributed by atoms with Crippen molar-refractivity contribution in [1.82, 2.24) is 20.2 Å². The van der Waals surface area contributed by atoms with Crippen molar-refractivity contribution in [3.63, 3.8) is 0 Å². The topological polar surface area (TPSA) is 93.8 Å². The fourth-order valence-corrected chi connectivity index (χ4v) is 4.87. The minimum atomic E-state index is -0.174. The summed E-state index contributed by atoms with van der Waals surface area (Å²) in [4.78, 5) is 39.9. The van der Waals surface area contributed by atoms with Crippen LogP contribution in [0.25, 0.3) is 11.0 Å². The molecule has 3 aromatic rings. The third-order valence-corrected chi connectivity index (χ3v) is 6.62. The number of urea groups is 1. The lowest BCUT2D eigenvalue weighted by molar-refractivity contribution is 0.0949. The molecule has 9 heteroatoms. The first-order valence-corrected chi connectivity index (χ1v) is 11.8. The summed E-state index contributed by atoms with van der Waals surface area (Å²) in [5.74, 6) is 0.357. The molecule has 34 heavy (non-hydrogen) atoms. The second kappa shape index (κ2) is 9.34. The Kier molecular flexibility index (Phi) is 6.10. The SMILES string of the molecule is CCN1C(=O)N(c2cc(OC)cc(C(=O)NCCN3CCCC3)c2)Cc2cnc3[nH]ccc3c21. The maximum Gasteiger partial charge on any atom is 0.329 e.